The van der Waals surface area contributed by atoms with E-state index in [0.717, 1.165) is 16.7 Å². The van der Waals surface area contributed by atoms with E-state index >= 15 is 0 Å². The third-order valence-electron chi connectivity index (χ3n) is 3.29. The predicted molar refractivity (Wildman–Crippen MR) is 88.2 cm³/mol. The summed E-state index contributed by atoms with van der Waals surface area (Å²) in [4.78, 5) is 12.1. The molecule has 0 aliphatic carbocycles. The van der Waals surface area contributed by atoms with Gasteiger partial charge in [-0.1, -0.05) is 43.3 Å². The molecule has 0 aromatic heterocycles. The van der Waals surface area contributed by atoms with Gasteiger partial charge in [0.1, 0.15) is 5.76 Å². The Morgan fingerprint density at radius 2 is 1.50 bits per heavy atom. The van der Waals surface area contributed by atoms with Gasteiger partial charge in [-0.25, -0.2) is 0 Å². The zero-order valence-electron chi connectivity index (χ0n) is 13.4. The monoisotopic (exact) mass is 292 g/mol. The Kier molecular flexibility index (Phi) is 5.09. The smallest absolute Gasteiger partial charge is 0.224 e. The largest absolute Gasteiger partial charge is 0.510 e. The van der Waals surface area contributed by atoms with Crippen LogP contribution in [0.15, 0.2) is 17.9 Å². The summed E-state index contributed by atoms with van der Waals surface area (Å²) in [5.41, 5.74) is 4.63. The molecule has 0 saturated heterocycles. The van der Waals surface area contributed by atoms with Crippen LogP contribution in [0.2, 0.25) is 0 Å². The molecule has 0 fully saturated rings. The summed E-state index contributed by atoms with van der Waals surface area (Å²) in [6.45, 7) is 13.7. The fraction of sp³-hybridized carbons (Fsp3) is 0.471. The summed E-state index contributed by atoms with van der Waals surface area (Å²) in [5, 5.41) is 10.3. The number of aliphatic hydroxyl groups excluding tert-OH is 1. The highest BCUT2D eigenvalue weighted by atomic mass is 32.2. The molecule has 0 radical (unpaired) electrons. The topological polar surface area (TPSA) is 37.3 Å². The second-order valence-electron chi connectivity index (χ2n) is 5.40. The Morgan fingerprint density at radius 3 is 1.85 bits per heavy atom. The highest BCUT2D eigenvalue weighted by molar-refractivity contribution is 8.16. The molecule has 2 nitrogen and oxygen atoms in total. The van der Waals surface area contributed by atoms with E-state index in [0.29, 0.717) is 5.57 Å². The van der Waals surface area contributed by atoms with Crippen molar-refractivity contribution in [2.75, 3.05) is 0 Å². The number of thioether (sulfide) groups is 1. The zero-order valence-corrected chi connectivity index (χ0v) is 14.2. The summed E-state index contributed by atoms with van der Waals surface area (Å²) < 4.78 is -0.518. The van der Waals surface area contributed by atoms with Crippen LogP contribution in [0.25, 0.3) is 5.57 Å². The van der Waals surface area contributed by atoms with E-state index in [-0.39, 0.29) is 10.9 Å². The van der Waals surface area contributed by atoms with Crippen molar-refractivity contribution in [1.29, 1.82) is 0 Å². The van der Waals surface area contributed by atoms with Gasteiger partial charge >= 0.3 is 0 Å². The molecule has 2 rings (SSSR count). The van der Waals surface area contributed by atoms with Gasteiger partial charge in [-0.2, -0.15) is 0 Å². The quantitative estimate of drug-likeness (QED) is 0.795. The molecule has 1 aliphatic heterocycles. The lowest BCUT2D eigenvalue weighted by Gasteiger charge is -2.15. The lowest BCUT2D eigenvalue weighted by atomic mass is 9.91. The second-order valence-corrected chi connectivity index (χ2v) is 6.99. The van der Waals surface area contributed by atoms with Crippen molar-refractivity contribution in [3.8, 4) is 0 Å². The highest BCUT2D eigenvalue weighted by Gasteiger charge is 2.41. The van der Waals surface area contributed by atoms with Gasteiger partial charge in [0, 0.05) is 0 Å². The average molecular weight is 292 g/mol. The zero-order chi connectivity index (χ0) is 15.7. The molecule has 20 heavy (non-hydrogen) atoms. The first kappa shape index (κ1) is 16.8. The van der Waals surface area contributed by atoms with Gasteiger partial charge in [0.15, 0.2) is 0 Å². The first-order valence-corrected chi connectivity index (χ1v) is 7.81. The minimum absolute atomic E-state index is 0.0347. The van der Waals surface area contributed by atoms with Crippen molar-refractivity contribution in [3.05, 3.63) is 40.1 Å². The van der Waals surface area contributed by atoms with E-state index in [1.807, 2.05) is 60.6 Å². The number of benzene rings is 1. The van der Waals surface area contributed by atoms with E-state index in [9.17, 15) is 9.90 Å². The number of carbonyl (C=O) groups excluding carboxylic acids is 1. The van der Waals surface area contributed by atoms with Crippen LogP contribution in [0.1, 0.15) is 49.9 Å². The average Bonchev–Trinajstić information content (AvgIpc) is 2.52. The Bertz CT molecular complexity index is 545. The molecule has 110 valence electrons. The molecule has 1 heterocycles. The maximum Gasteiger partial charge on any atom is 0.224 e. The Morgan fingerprint density at radius 1 is 1.05 bits per heavy atom. The Labute approximate surface area is 126 Å². The molecule has 0 spiro atoms. The number of hydrogen-bond donors (Lipinski definition) is 1. The fourth-order valence-electron chi connectivity index (χ4n) is 2.52. The Balaban J connectivity index is 0.000000956. The SMILES string of the molecule is CC.Cc1cc(C)c(C2=C(O)C(C)(C)SC2=O)c(C)c1. The number of rotatable bonds is 1. The molecule has 0 bridgehead atoms. The van der Waals surface area contributed by atoms with Crippen LogP contribution in [-0.4, -0.2) is 15.0 Å². The number of aryl methyl sites for hydroxylation is 3. The van der Waals surface area contributed by atoms with Gasteiger partial charge in [-0.05, 0) is 51.3 Å². The number of hydrogen-bond acceptors (Lipinski definition) is 3. The minimum Gasteiger partial charge on any atom is -0.510 e. The van der Waals surface area contributed by atoms with E-state index < -0.39 is 4.75 Å². The summed E-state index contributed by atoms with van der Waals surface area (Å²) >= 11 is 1.19. The molecule has 0 atom stereocenters. The molecular weight excluding hydrogens is 268 g/mol. The fourth-order valence-corrected chi connectivity index (χ4v) is 3.49. The van der Waals surface area contributed by atoms with E-state index in [4.69, 9.17) is 0 Å². The molecular formula is C17H24O2S. The maximum atomic E-state index is 12.1. The van der Waals surface area contributed by atoms with Crippen LogP contribution in [0.5, 0.6) is 0 Å². The summed E-state index contributed by atoms with van der Waals surface area (Å²) in [6, 6.07) is 4.10. The third kappa shape index (κ3) is 2.93. The lowest BCUT2D eigenvalue weighted by molar-refractivity contribution is -0.106. The first-order chi connectivity index (χ1) is 9.24. The van der Waals surface area contributed by atoms with Gasteiger partial charge < -0.3 is 5.11 Å². The molecule has 0 unspecified atom stereocenters. The van der Waals surface area contributed by atoms with E-state index in [1.54, 1.807) is 0 Å². The van der Waals surface area contributed by atoms with E-state index in [2.05, 4.69) is 0 Å². The van der Waals surface area contributed by atoms with Crippen LogP contribution in [0.3, 0.4) is 0 Å². The van der Waals surface area contributed by atoms with Crippen molar-refractivity contribution >= 4 is 22.5 Å². The van der Waals surface area contributed by atoms with Crippen LogP contribution in [0, 0.1) is 20.8 Å². The highest BCUT2D eigenvalue weighted by Crippen LogP contribution is 2.46. The molecule has 3 heteroatoms. The molecule has 1 aliphatic rings. The number of carbonyl (C=O) groups is 1. The van der Waals surface area contributed by atoms with Crippen LogP contribution in [-0.2, 0) is 4.79 Å². The molecule has 1 N–H and O–H groups in total. The van der Waals surface area contributed by atoms with Gasteiger partial charge in [0.05, 0.1) is 10.3 Å². The van der Waals surface area contributed by atoms with Gasteiger partial charge in [0.25, 0.3) is 0 Å². The predicted octanol–water partition coefficient (Wildman–Crippen LogP) is 4.96. The summed E-state index contributed by atoms with van der Waals surface area (Å²) in [7, 11) is 0. The maximum absolute atomic E-state index is 12.1. The van der Waals surface area contributed by atoms with Crippen molar-refractivity contribution in [1.82, 2.24) is 0 Å². The second kappa shape index (κ2) is 6.04. The van der Waals surface area contributed by atoms with Gasteiger partial charge in [-0.15, -0.1) is 0 Å². The Hall–Kier alpha value is -1.22. The van der Waals surface area contributed by atoms with Crippen LogP contribution < -0.4 is 0 Å². The molecule has 0 saturated carbocycles. The van der Waals surface area contributed by atoms with Crippen molar-refractivity contribution < 1.29 is 9.90 Å². The van der Waals surface area contributed by atoms with Crippen molar-refractivity contribution in [2.24, 2.45) is 0 Å². The minimum atomic E-state index is -0.518. The summed E-state index contributed by atoms with van der Waals surface area (Å²) in [5.74, 6) is 0.201. The van der Waals surface area contributed by atoms with Crippen LogP contribution >= 0.6 is 11.8 Å². The molecule has 1 aromatic rings. The van der Waals surface area contributed by atoms with Gasteiger partial charge in [-0.3, -0.25) is 4.79 Å². The normalized spacial score (nSPS) is 17.1. The first-order valence-electron chi connectivity index (χ1n) is 6.99. The van der Waals surface area contributed by atoms with Gasteiger partial charge in [0.2, 0.25) is 5.12 Å². The van der Waals surface area contributed by atoms with Crippen molar-refractivity contribution in [3.63, 3.8) is 0 Å². The van der Waals surface area contributed by atoms with Crippen molar-refractivity contribution in [2.45, 2.75) is 53.2 Å². The third-order valence-corrected chi connectivity index (χ3v) is 4.38. The van der Waals surface area contributed by atoms with E-state index in [1.165, 1.54) is 17.3 Å². The van der Waals surface area contributed by atoms with Crippen LogP contribution in [0.4, 0.5) is 0 Å². The molecule has 0 amide bonds. The lowest BCUT2D eigenvalue weighted by Crippen LogP contribution is -2.14. The summed E-state index contributed by atoms with van der Waals surface area (Å²) in [6.07, 6.45) is 0. The standard InChI is InChI=1S/C15H18O2S.C2H6/c1-8-6-9(2)11(10(3)7-8)12-13(16)15(4,5)18-14(12)17;1-2/h6-7,16H,1-5H3;1-2H3. The number of aliphatic hydroxyl groups is 1. The molecule has 1 aromatic carbocycles.